The van der Waals surface area contributed by atoms with Crippen molar-refractivity contribution in [1.29, 1.82) is 0 Å². The maximum Gasteiger partial charge on any atom is 0.223 e. The molecule has 0 aromatic carbocycles. The summed E-state index contributed by atoms with van der Waals surface area (Å²) in [5, 5.41) is 2.13. The molecule has 3 heterocycles. The quantitative estimate of drug-likeness (QED) is 0.756. The summed E-state index contributed by atoms with van der Waals surface area (Å²) in [5.41, 5.74) is 0.930. The second-order valence-corrected chi connectivity index (χ2v) is 6.84. The van der Waals surface area contributed by atoms with Gasteiger partial charge in [0.2, 0.25) is 5.88 Å². The van der Waals surface area contributed by atoms with E-state index in [2.05, 4.69) is 9.97 Å². The Morgan fingerprint density at radius 2 is 2.00 bits per heavy atom. The molecule has 2 aromatic rings. The number of rotatable bonds is 5. The van der Waals surface area contributed by atoms with Crippen LogP contribution in [0, 0.1) is 0 Å². The standard InChI is InChI=1S/C14H16ClN3O3S.C2H6/c1-20-8-9-4-17-14(12-5-16-13(15)3-11(9)12)21-10-6-18(7-10)22(2)19;1-2/h3-5,10H,6-8H2,1-2H3;1-2H3. The molecule has 8 heteroatoms. The van der Waals surface area contributed by atoms with Crippen molar-refractivity contribution in [2.45, 2.75) is 26.6 Å². The minimum atomic E-state index is -0.952. The van der Waals surface area contributed by atoms with E-state index in [1.54, 1.807) is 31.8 Å². The van der Waals surface area contributed by atoms with Crippen molar-refractivity contribution in [2.75, 3.05) is 26.5 Å². The maximum absolute atomic E-state index is 11.3. The molecule has 6 nitrogen and oxygen atoms in total. The molecule has 1 aliphatic heterocycles. The van der Waals surface area contributed by atoms with Gasteiger partial charge in [-0.2, -0.15) is 0 Å². The van der Waals surface area contributed by atoms with Gasteiger partial charge >= 0.3 is 0 Å². The predicted molar refractivity (Wildman–Crippen MR) is 96.7 cm³/mol. The first-order valence-corrected chi connectivity index (χ1v) is 9.65. The molecular weight excluding hydrogens is 350 g/mol. The summed E-state index contributed by atoms with van der Waals surface area (Å²) in [5.74, 6) is 0.519. The highest BCUT2D eigenvalue weighted by Gasteiger charge is 2.31. The van der Waals surface area contributed by atoms with Crippen molar-refractivity contribution in [3.05, 3.63) is 29.2 Å². The van der Waals surface area contributed by atoms with Crippen LogP contribution in [0.4, 0.5) is 0 Å². The molecule has 132 valence electrons. The molecule has 0 radical (unpaired) electrons. The van der Waals surface area contributed by atoms with E-state index in [0.29, 0.717) is 30.7 Å². The molecule has 0 saturated carbocycles. The van der Waals surface area contributed by atoms with Crippen LogP contribution in [0.3, 0.4) is 0 Å². The van der Waals surface area contributed by atoms with E-state index >= 15 is 0 Å². The number of pyridine rings is 2. The van der Waals surface area contributed by atoms with Gasteiger partial charge in [-0.25, -0.2) is 18.5 Å². The van der Waals surface area contributed by atoms with E-state index < -0.39 is 11.0 Å². The minimum absolute atomic E-state index is 0.0106. The van der Waals surface area contributed by atoms with Crippen LogP contribution in [0.25, 0.3) is 10.8 Å². The third-order valence-electron chi connectivity index (χ3n) is 3.54. The van der Waals surface area contributed by atoms with E-state index in [0.717, 1.165) is 16.3 Å². The second-order valence-electron chi connectivity index (χ2n) is 5.08. The van der Waals surface area contributed by atoms with Crippen LogP contribution in [0.5, 0.6) is 5.88 Å². The molecule has 1 saturated heterocycles. The Morgan fingerprint density at radius 1 is 1.29 bits per heavy atom. The number of hydrogen-bond acceptors (Lipinski definition) is 5. The number of hydrogen-bond donors (Lipinski definition) is 0. The Bertz CT molecular complexity index is 723. The number of aromatic nitrogens is 2. The highest BCUT2D eigenvalue weighted by atomic mass is 35.5. The smallest absolute Gasteiger partial charge is 0.223 e. The SMILES string of the molecule is CC.COCc1cnc(OC2CN(S(C)=O)C2)c2cnc(Cl)cc12. The van der Waals surface area contributed by atoms with Crippen molar-refractivity contribution >= 4 is 33.4 Å². The maximum atomic E-state index is 11.3. The fourth-order valence-corrected chi connectivity index (χ4v) is 3.26. The van der Waals surface area contributed by atoms with Crippen molar-refractivity contribution in [1.82, 2.24) is 14.3 Å². The Labute approximate surface area is 149 Å². The summed E-state index contributed by atoms with van der Waals surface area (Å²) >= 11 is 5.99. The van der Waals surface area contributed by atoms with Gasteiger partial charge < -0.3 is 9.47 Å². The minimum Gasteiger partial charge on any atom is -0.471 e. The first-order valence-electron chi connectivity index (χ1n) is 7.75. The molecule has 24 heavy (non-hydrogen) atoms. The summed E-state index contributed by atoms with van der Waals surface area (Å²) < 4.78 is 24.2. The van der Waals surface area contributed by atoms with Gasteiger partial charge in [-0.15, -0.1) is 0 Å². The molecule has 0 N–H and O–H groups in total. The average Bonchev–Trinajstić information content (AvgIpc) is 2.53. The largest absolute Gasteiger partial charge is 0.471 e. The zero-order chi connectivity index (χ0) is 17.7. The van der Waals surface area contributed by atoms with Crippen molar-refractivity contribution in [3.63, 3.8) is 0 Å². The van der Waals surface area contributed by atoms with Crippen LogP contribution in [-0.4, -0.2) is 51.0 Å². The first kappa shape index (κ1) is 19.1. The van der Waals surface area contributed by atoms with Crippen LogP contribution < -0.4 is 4.74 Å². The van der Waals surface area contributed by atoms with Gasteiger partial charge in [0.1, 0.15) is 11.3 Å². The third-order valence-corrected chi connectivity index (χ3v) is 4.77. The molecule has 1 aliphatic rings. The Balaban J connectivity index is 0.00000100. The summed E-state index contributed by atoms with van der Waals surface area (Å²) in [6, 6.07) is 1.79. The molecule has 2 aromatic heterocycles. The molecule has 0 bridgehead atoms. The molecule has 0 spiro atoms. The van der Waals surface area contributed by atoms with Gasteiger partial charge in [-0.3, -0.25) is 0 Å². The van der Waals surface area contributed by atoms with Crippen LogP contribution >= 0.6 is 11.6 Å². The summed E-state index contributed by atoms with van der Waals surface area (Å²) in [6.07, 6.45) is 5.04. The van der Waals surface area contributed by atoms with Gasteiger partial charge in [0.05, 0.1) is 23.0 Å². The van der Waals surface area contributed by atoms with Crippen LogP contribution in [0.2, 0.25) is 5.15 Å². The van der Waals surface area contributed by atoms with Crippen molar-refractivity contribution < 1.29 is 13.7 Å². The highest BCUT2D eigenvalue weighted by Crippen LogP contribution is 2.29. The third kappa shape index (κ3) is 4.22. The monoisotopic (exact) mass is 371 g/mol. The summed E-state index contributed by atoms with van der Waals surface area (Å²) in [6.45, 7) is 5.70. The van der Waals surface area contributed by atoms with Crippen LogP contribution in [-0.2, 0) is 22.3 Å². The van der Waals surface area contributed by atoms with Crippen molar-refractivity contribution in [2.24, 2.45) is 0 Å². The van der Waals surface area contributed by atoms with E-state index in [-0.39, 0.29) is 6.10 Å². The molecule has 1 fully saturated rings. The Hall–Kier alpha value is -1.28. The fourth-order valence-electron chi connectivity index (χ4n) is 2.35. The fraction of sp³-hybridized carbons (Fsp3) is 0.500. The molecule has 0 amide bonds. The molecule has 3 rings (SSSR count). The van der Waals surface area contributed by atoms with Gasteiger partial charge in [0, 0.05) is 44.4 Å². The van der Waals surface area contributed by atoms with Gasteiger partial charge in [0.15, 0.2) is 0 Å². The lowest BCUT2D eigenvalue weighted by atomic mass is 10.1. The van der Waals surface area contributed by atoms with Gasteiger partial charge in [-0.1, -0.05) is 25.4 Å². The predicted octanol–water partition coefficient (Wildman–Crippen LogP) is 2.81. The van der Waals surface area contributed by atoms with E-state index in [9.17, 15) is 4.21 Å². The number of ether oxygens (including phenoxy) is 2. The lowest BCUT2D eigenvalue weighted by molar-refractivity contribution is 0.0776. The van der Waals surface area contributed by atoms with Crippen LogP contribution in [0.15, 0.2) is 18.5 Å². The lowest BCUT2D eigenvalue weighted by Gasteiger charge is -2.36. The van der Waals surface area contributed by atoms with E-state index in [1.807, 2.05) is 18.2 Å². The highest BCUT2D eigenvalue weighted by molar-refractivity contribution is 7.81. The Kier molecular flexibility index (Phi) is 6.91. The topological polar surface area (TPSA) is 64.6 Å². The first-order chi connectivity index (χ1) is 11.6. The Morgan fingerprint density at radius 3 is 2.62 bits per heavy atom. The number of halogens is 1. The number of nitrogens with zero attached hydrogens (tertiary/aromatic N) is 3. The molecule has 1 atom stereocenters. The normalized spacial score (nSPS) is 16.2. The molecular formula is C16H22ClN3O3S. The van der Waals surface area contributed by atoms with E-state index in [1.165, 1.54) is 0 Å². The van der Waals surface area contributed by atoms with Crippen LogP contribution in [0.1, 0.15) is 19.4 Å². The number of fused-ring (bicyclic) bond motifs is 1. The molecule has 1 unspecified atom stereocenters. The van der Waals surface area contributed by atoms with Gasteiger partial charge in [-0.05, 0) is 11.5 Å². The lowest BCUT2D eigenvalue weighted by Crippen LogP contribution is -2.54. The summed E-state index contributed by atoms with van der Waals surface area (Å²) in [4.78, 5) is 8.48. The zero-order valence-corrected chi connectivity index (χ0v) is 15.9. The van der Waals surface area contributed by atoms with Crippen molar-refractivity contribution in [3.8, 4) is 5.88 Å². The van der Waals surface area contributed by atoms with E-state index in [4.69, 9.17) is 21.1 Å². The van der Waals surface area contributed by atoms with Gasteiger partial charge in [0.25, 0.3) is 0 Å². The summed E-state index contributed by atoms with van der Waals surface area (Å²) in [7, 11) is 0.680. The number of methoxy groups -OCH3 is 1. The molecule has 0 aliphatic carbocycles. The average molecular weight is 372 g/mol. The zero-order valence-electron chi connectivity index (χ0n) is 14.3. The second kappa shape index (κ2) is 8.71.